The minimum absolute atomic E-state index is 0.0144. The zero-order valence-corrected chi connectivity index (χ0v) is 16.2. The van der Waals surface area contributed by atoms with Gasteiger partial charge in [-0.3, -0.25) is 0 Å². The van der Waals surface area contributed by atoms with Crippen LogP contribution in [0.15, 0.2) is 58.8 Å². The Balaban J connectivity index is 0.00000176. The third-order valence-electron chi connectivity index (χ3n) is 3.39. The van der Waals surface area contributed by atoms with Crippen molar-refractivity contribution in [1.29, 1.82) is 0 Å². The molecule has 0 N–H and O–H groups in total. The van der Waals surface area contributed by atoms with E-state index in [0.717, 1.165) is 31.2 Å². The molecule has 0 amide bonds. The lowest BCUT2D eigenvalue weighted by Crippen LogP contribution is -2.11. The molecule has 0 atom stereocenters. The fourth-order valence-corrected chi connectivity index (χ4v) is 3.95. The molecular weight excluding hydrogens is 417 g/mol. The number of rotatable bonds is 3. The third-order valence-corrected chi connectivity index (χ3v) is 5.72. The highest BCUT2D eigenvalue weighted by molar-refractivity contribution is 8.52. The molecule has 0 nitrogen and oxygen atoms in total. The van der Waals surface area contributed by atoms with E-state index < -0.39 is 37.5 Å². The van der Waals surface area contributed by atoms with Gasteiger partial charge in [0.15, 0.2) is 0 Å². The van der Waals surface area contributed by atoms with E-state index in [9.17, 15) is 28.7 Å². The van der Waals surface area contributed by atoms with E-state index in [1.807, 2.05) is 13.8 Å². The van der Waals surface area contributed by atoms with Gasteiger partial charge in [0.25, 0.3) is 0 Å². The van der Waals surface area contributed by atoms with E-state index in [-0.39, 0.29) is 10.6 Å². The van der Waals surface area contributed by atoms with Crippen LogP contribution in [0.5, 0.6) is 0 Å². The second-order valence-corrected chi connectivity index (χ2v) is 8.87. The summed E-state index contributed by atoms with van der Waals surface area (Å²) in [4.78, 5) is -1.49. The minimum atomic E-state index is -8.77. The van der Waals surface area contributed by atoms with E-state index in [1.54, 1.807) is 0 Å². The van der Waals surface area contributed by atoms with Crippen molar-refractivity contribution in [3.63, 3.8) is 0 Å². The molecular formula is C18H18ClF7S. The lowest BCUT2D eigenvalue weighted by Gasteiger charge is -2.47. The van der Waals surface area contributed by atoms with Crippen LogP contribution in [0.4, 0.5) is 28.7 Å². The molecule has 27 heavy (non-hydrogen) atoms. The lowest BCUT2D eigenvalue weighted by molar-refractivity contribution is -0.137. The number of halogens is 8. The highest BCUT2D eigenvalue weighted by Gasteiger charge is 2.62. The van der Waals surface area contributed by atoms with Crippen molar-refractivity contribution >= 4 is 27.0 Å². The van der Waals surface area contributed by atoms with Crippen molar-refractivity contribution in [2.75, 3.05) is 0 Å². The molecule has 2 rings (SSSR count). The predicted octanol–water partition coefficient (Wildman–Crippen LogP) is 9.22. The molecule has 0 fully saturated rings. The maximum Gasteiger partial charge on any atom is 0.416 e. The molecule has 0 saturated carbocycles. The fraction of sp³-hybridized carbons (Fsp3) is 0.222. The Morgan fingerprint density at radius 2 is 1.30 bits per heavy atom. The van der Waals surface area contributed by atoms with Gasteiger partial charge in [-0.1, -0.05) is 37.6 Å². The third kappa shape index (κ3) is 5.90. The van der Waals surface area contributed by atoms with Gasteiger partial charge >= 0.3 is 6.18 Å². The quantitative estimate of drug-likeness (QED) is 0.422. The largest absolute Gasteiger partial charge is 0.416 e. The van der Waals surface area contributed by atoms with Crippen molar-refractivity contribution in [3.05, 3.63) is 70.1 Å². The maximum absolute atomic E-state index is 14.4. The zero-order chi connectivity index (χ0) is 21.2. The molecule has 0 heterocycles. The second kappa shape index (κ2) is 7.05. The van der Waals surface area contributed by atoms with Crippen LogP contribution in [0.25, 0.3) is 5.57 Å². The summed E-state index contributed by atoms with van der Waals surface area (Å²) in [6, 6.07) is 5.90. The van der Waals surface area contributed by atoms with Gasteiger partial charge in [-0.25, -0.2) is 0 Å². The maximum atomic E-state index is 14.4. The summed E-state index contributed by atoms with van der Waals surface area (Å²) in [5.74, 6) is 0. The minimum Gasteiger partial charge on any atom is -0.166 e. The fourth-order valence-electron chi connectivity index (χ4n) is 2.13. The first-order valence-corrected chi connectivity index (χ1v) is 10.2. The van der Waals surface area contributed by atoms with E-state index in [1.165, 1.54) is 0 Å². The number of hydrogen-bond acceptors (Lipinski definition) is 0. The Labute approximate surface area is 158 Å². The van der Waals surface area contributed by atoms with Crippen LogP contribution in [0, 0.1) is 0 Å². The van der Waals surface area contributed by atoms with Crippen LogP contribution < -0.4 is 0 Å². The molecule has 2 aromatic carbocycles. The number of alkyl halides is 3. The number of allylic oxidation sites excluding steroid dienone is 1. The average molecular weight is 435 g/mol. The molecule has 0 radical (unpaired) electrons. The van der Waals surface area contributed by atoms with Crippen LogP contribution >= 0.6 is 21.4 Å². The Morgan fingerprint density at radius 1 is 0.852 bits per heavy atom. The summed E-state index contributed by atoms with van der Waals surface area (Å²) in [6.07, 6.45) is -4.61. The van der Waals surface area contributed by atoms with Crippen LogP contribution in [-0.4, -0.2) is 0 Å². The molecule has 2 aromatic rings. The van der Waals surface area contributed by atoms with E-state index in [4.69, 9.17) is 11.6 Å². The van der Waals surface area contributed by atoms with Crippen LogP contribution in [0.1, 0.15) is 31.9 Å². The van der Waals surface area contributed by atoms with Crippen LogP contribution in [0.3, 0.4) is 0 Å². The van der Waals surface area contributed by atoms with Crippen molar-refractivity contribution < 1.29 is 28.7 Å². The molecule has 0 spiro atoms. The normalized spacial score (nSPS) is 15.3. The van der Waals surface area contributed by atoms with Crippen molar-refractivity contribution in [2.45, 2.75) is 31.8 Å². The average Bonchev–Trinajstić information content (AvgIpc) is 2.55. The summed E-state index contributed by atoms with van der Waals surface area (Å²) in [6.45, 7) is 4.98. The van der Waals surface area contributed by atoms with Gasteiger partial charge in [-0.2, -0.15) is 13.2 Å². The molecule has 0 saturated heterocycles. The Kier molecular flexibility index (Phi) is 6.10. The number of benzene rings is 2. The van der Waals surface area contributed by atoms with Crippen molar-refractivity contribution in [2.24, 2.45) is 0 Å². The molecule has 0 aliphatic heterocycles. The highest BCUT2D eigenvalue weighted by Crippen LogP contribution is 3.02. The first-order chi connectivity index (χ1) is 12.1. The zero-order valence-electron chi connectivity index (χ0n) is 14.6. The monoisotopic (exact) mass is 434 g/mol. The first-order valence-electron chi connectivity index (χ1n) is 7.74. The molecule has 152 valence electrons. The van der Waals surface area contributed by atoms with Gasteiger partial charge in [0, 0.05) is 10.4 Å². The highest BCUT2D eigenvalue weighted by atomic mass is 35.5. The van der Waals surface area contributed by atoms with Gasteiger partial charge in [0.1, 0.15) is 0 Å². The van der Waals surface area contributed by atoms with Gasteiger partial charge in [0.05, 0.1) is 10.5 Å². The molecule has 0 aromatic heterocycles. The first kappa shape index (κ1) is 23.4. The molecule has 0 aliphatic rings. The van der Waals surface area contributed by atoms with E-state index in [2.05, 4.69) is 0 Å². The van der Waals surface area contributed by atoms with Gasteiger partial charge in [-0.15, -0.1) is 15.5 Å². The topological polar surface area (TPSA) is 0 Å². The van der Waals surface area contributed by atoms with Gasteiger partial charge < -0.3 is 0 Å². The standard InChI is InChI=1S/C16H12ClF7S.C2H6/c1-11(12-2-4-13(5-3-12)16(18,19)20)10-25(21,22,23,24)15-8-6-14(17)7-9-15;1-2/h2-10H,1H3;1-2H3/b11-10-;. The summed E-state index contributed by atoms with van der Waals surface area (Å²) in [5, 5.41) is -0.438. The smallest absolute Gasteiger partial charge is 0.166 e. The van der Waals surface area contributed by atoms with Crippen molar-refractivity contribution in [3.8, 4) is 0 Å². The van der Waals surface area contributed by atoms with Gasteiger partial charge in [-0.05, 0) is 54.5 Å². The molecule has 0 unspecified atom stereocenters. The summed E-state index contributed by atoms with van der Waals surface area (Å²) in [5.41, 5.74) is -1.72. The van der Waals surface area contributed by atoms with E-state index >= 15 is 0 Å². The summed E-state index contributed by atoms with van der Waals surface area (Å²) >= 11 is 5.52. The lowest BCUT2D eigenvalue weighted by atomic mass is 10.1. The Bertz CT molecular complexity index is 816. The number of hydrogen-bond donors (Lipinski definition) is 0. The van der Waals surface area contributed by atoms with Crippen molar-refractivity contribution in [1.82, 2.24) is 0 Å². The molecule has 9 heteroatoms. The SMILES string of the molecule is C/C(=C/S(F)(F)(F)(F)c1ccc(Cl)cc1)c1ccc(C(F)(F)F)cc1.CC. The van der Waals surface area contributed by atoms with Crippen LogP contribution in [0.2, 0.25) is 5.02 Å². The second-order valence-electron chi connectivity index (χ2n) is 5.46. The van der Waals surface area contributed by atoms with Gasteiger partial charge in [0.2, 0.25) is 9.84 Å². The Morgan fingerprint density at radius 3 is 1.70 bits per heavy atom. The summed E-state index contributed by atoms with van der Waals surface area (Å²) in [7, 11) is -8.77. The molecule has 0 bridgehead atoms. The van der Waals surface area contributed by atoms with E-state index in [0.29, 0.717) is 24.3 Å². The molecule has 0 aliphatic carbocycles. The van der Waals surface area contributed by atoms with Crippen LogP contribution in [-0.2, 0) is 6.18 Å². The summed E-state index contributed by atoms with van der Waals surface area (Å²) < 4.78 is 94.9. The Hall–Kier alpha value is -1.67. The predicted molar refractivity (Wildman–Crippen MR) is 98.2 cm³/mol.